The molecule has 1 aromatic heterocycles. The number of nitrogens with zero attached hydrogens (tertiary/aromatic N) is 1. The van der Waals surface area contributed by atoms with E-state index in [0.717, 1.165) is 0 Å². The van der Waals surface area contributed by atoms with Crippen molar-refractivity contribution in [1.29, 1.82) is 0 Å². The van der Waals surface area contributed by atoms with Crippen LogP contribution < -0.4 is 0 Å². The molecule has 0 bridgehead atoms. The molecule has 0 radical (unpaired) electrons. The van der Waals surface area contributed by atoms with Gasteiger partial charge in [-0.3, -0.25) is 0 Å². The number of pyridine rings is 1. The molecule has 0 amide bonds. The van der Waals surface area contributed by atoms with Crippen molar-refractivity contribution in [2.45, 2.75) is 0 Å². The van der Waals surface area contributed by atoms with Gasteiger partial charge in [0.05, 0.1) is 12.1 Å². The molecule has 0 saturated heterocycles. The van der Waals surface area contributed by atoms with E-state index in [1.165, 1.54) is 25.3 Å². The van der Waals surface area contributed by atoms with Gasteiger partial charge in [-0.25, -0.2) is 14.2 Å². The Morgan fingerprint density at radius 3 is 2.71 bits per heavy atom. The highest BCUT2D eigenvalue weighted by molar-refractivity contribution is 6.36. The summed E-state index contributed by atoms with van der Waals surface area (Å²) in [7, 11) is 1.23. The number of hydrogen-bond donors (Lipinski definition) is 0. The topological polar surface area (TPSA) is 39.2 Å². The zero-order valence-electron chi connectivity index (χ0n) is 8.63. The number of benzene rings is 1. The minimum atomic E-state index is -0.635. The van der Waals surface area contributed by atoms with Crippen molar-refractivity contribution < 1.29 is 13.9 Å². The molecule has 2 rings (SSSR count). The molecule has 0 fully saturated rings. The molecule has 0 aliphatic heterocycles. The number of carbonyl (C=O) groups is 1. The number of ether oxygens (including phenoxy) is 1. The first-order valence-electron chi connectivity index (χ1n) is 4.56. The van der Waals surface area contributed by atoms with Gasteiger partial charge in [-0.2, -0.15) is 0 Å². The average Bonchev–Trinajstić information content (AvgIpc) is 2.30. The van der Waals surface area contributed by atoms with Crippen molar-refractivity contribution in [3.8, 4) is 0 Å². The van der Waals surface area contributed by atoms with E-state index in [-0.39, 0.29) is 15.9 Å². The standard InChI is InChI=1S/C11H6Cl2FNO2/c1-17-11(16)9-3-5-2-8(14)7(12)4-6(5)10(13)15-9/h2-4H,1H3. The van der Waals surface area contributed by atoms with Crippen molar-refractivity contribution >= 4 is 39.9 Å². The quantitative estimate of drug-likeness (QED) is 0.590. The van der Waals surface area contributed by atoms with E-state index in [2.05, 4.69) is 9.72 Å². The van der Waals surface area contributed by atoms with Crippen LogP contribution in [0.15, 0.2) is 18.2 Å². The van der Waals surface area contributed by atoms with Crippen LogP contribution in [0, 0.1) is 5.82 Å². The fourth-order valence-electron chi connectivity index (χ4n) is 1.41. The van der Waals surface area contributed by atoms with E-state index < -0.39 is 11.8 Å². The number of rotatable bonds is 1. The van der Waals surface area contributed by atoms with Gasteiger partial charge >= 0.3 is 5.97 Å². The highest BCUT2D eigenvalue weighted by atomic mass is 35.5. The number of esters is 1. The molecular formula is C11H6Cl2FNO2. The Morgan fingerprint density at radius 2 is 2.06 bits per heavy atom. The van der Waals surface area contributed by atoms with Crippen molar-refractivity contribution in [2.24, 2.45) is 0 Å². The van der Waals surface area contributed by atoms with E-state index in [0.29, 0.717) is 10.8 Å². The highest BCUT2D eigenvalue weighted by Crippen LogP contribution is 2.28. The summed E-state index contributed by atoms with van der Waals surface area (Å²) in [5.74, 6) is -1.22. The predicted molar refractivity (Wildman–Crippen MR) is 63.1 cm³/mol. The summed E-state index contributed by atoms with van der Waals surface area (Å²) in [5, 5.41) is 0.940. The summed E-state index contributed by atoms with van der Waals surface area (Å²) in [6.07, 6.45) is 0. The van der Waals surface area contributed by atoms with Gasteiger partial charge in [0.2, 0.25) is 0 Å². The van der Waals surface area contributed by atoms with E-state index in [9.17, 15) is 9.18 Å². The van der Waals surface area contributed by atoms with Gasteiger partial charge in [0.25, 0.3) is 0 Å². The smallest absolute Gasteiger partial charge is 0.356 e. The summed E-state index contributed by atoms with van der Waals surface area (Å²) in [6.45, 7) is 0. The van der Waals surface area contributed by atoms with Crippen LogP contribution in [0.3, 0.4) is 0 Å². The Labute approximate surface area is 106 Å². The van der Waals surface area contributed by atoms with E-state index in [1.54, 1.807) is 0 Å². The monoisotopic (exact) mass is 273 g/mol. The molecule has 88 valence electrons. The number of hydrogen-bond acceptors (Lipinski definition) is 3. The molecule has 3 nitrogen and oxygen atoms in total. The Morgan fingerprint density at radius 1 is 1.35 bits per heavy atom. The Kier molecular flexibility index (Phi) is 3.17. The zero-order valence-corrected chi connectivity index (χ0v) is 10.1. The molecule has 0 atom stereocenters. The molecule has 0 spiro atoms. The van der Waals surface area contributed by atoms with Gasteiger partial charge < -0.3 is 4.74 Å². The lowest BCUT2D eigenvalue weighted by Gasteiger charge is -2.05. The molecule has 1 heterocycles. The van der Waals surface area contributed by atoms with Crippen LogP contribution in [0.2, 0.25) is 10.2 Å². The Bertz CT molecular complexity index is 616. The summed E-state index contributed by atoms with van der Waals surface area (Å²) < 4.78 is 17.8. The van der Waals surface area contributed by atoms with Crippen molar-refractivity contribution in [3.63, 3.8) is 0 Å². The number of aromatic nitrogens is 1. The number of halogens is 3. The first-order chi connectivity index (χ1) is 8.02. The number of methoxy groups -OCH3 is 1. The molecular weight excluding hydrogens is 268 g/mol. The van der Waals surface area contributed by atoms with Crippen LogP contribution >= 0.6 is 23.2 Å². The SMILES string of the molecule is COC(=O)c1cc2cc(F)c(Cl)cc2c(Cl)n1. The first kappa shape index (κ1) is 12.1. The van der Waals surface area contributed by atoms with Crippen molar-refractivity contribution in [2.75, 3.05) is 7.11 Å². The first-order valence-corrected chi connectivity index (χ1v) is 5.32. The van der Waals surface area contributed by atoms with Crippen LogP contribution in [-0.2, 0) is 4.74 Å². The van der Waals surface area contributed by atoms with E-state index >= 15 is 0 Å². The molecule has 0 saturated carbocycles. The largest absolute Gasteiger partial charge is 0.464 e. The average molecular weight is 274 g/mol. The lowest BCUT2D eigenvalue weighted by Crippen LogP contribution is -2.04. The third-order valence-electron chi connectivity index (χ3n) is 2.22. The molecule has 0 aliphatic carbocycles. The minimum Gasteiger partial charge on any atom is -0.464 e. The molecule has 6 heteroatoms. The van der Waals surface area contributed by atoms with Gasteiger partial charge in [0.1, 0.15) is 11.0 Å². The van der Waals surface area contributed by atoms with Crippen LogP contribution in [0.25, 0.3) is 10.8 Å². The number of fused-ring (bicyclic) bond motifs is 1. The Balaban J connectivity index is 2.73. The summed E-state index contributed by atoms with van der Waals surface area (Å²) >= 11 is 11.5. The molecule has 17 heavy (non-hydrogen) atoms. The van der Waals surface area contributed by atoms with Crippen molar-refractivity contribution in [3.05, 3.63) is 39.9 Å². The predicted octanol–water partition coefficient (Wildman–Crippen LogP) is 3.47. The highest BCUT2D eigenvalue weighted by Gasteiger charge is 2.13. The number of carbonyl (C=O) groups excluding carboxylic acids is 1. The third-order valence-corrected chi connectivity index (χ3v) is 2.80. The maximum atomic E-state index is 13.3. The third kappa shape index (κ3) is 2.18. The maximum absolute atomic E-state index is 13.3. The fourth-order valence-corrected chi connectivity index (χ4v) is 1.83. The van der Waals surface area contributed by atoms with E-state index in [4.69, 9.17) is 23.2 Å². The maximum Gasteiger partial charge on any atom is 0.356 e. The van der Waals surface area contributed by atoms with Gasteiger partial charge in [-0.15, -0.1) is 0 Å². The second-order valence-corrected chi connectivity index (χ2v) is 4.04. The van der Waals surface area contributed by atoms with E-state index in [1.807, 2.05) is 0 Å². The molecule has 0 aliphatic rings. The van der Waals surface area contributed by atoms with Crippen LogP contribution in [-0.4, -0.2) is 18.1 Å². The van der Waals surface area contributed by atoms with Gasteiger partial charge in [-0.05, 0) is 23.6 Å². The Hall–Kier alpha value is -1.39. The van der Waals surface area contributed by atoms with Gasteiger partial charge in [0, 0.05) is 5.39 Å². The lowest BCUT2D eigenvalue weighted by molar-refractivity contribution is 0.0594. The molecule has 0 unspecified atom stereocenters. The summed E-state index contributed by atoms with van der Waals surface area (Å²) in [4.78, 5) is 15.2. The second-order valence-electron chi connectivity index (χ2n) is 3.28. The summed E-state index contributed by atoms with van der Waals surface area (Å²) in [6, 6.07) is 3.95. The van der Waals surface area contributed by atoms with Crippen molar-refractivity contribution in [1.82, 2.24) is 4.98 Å². The molecule has 0 N–H and O–H groups in total. The molecule has 1 aromatic carbocycles. The second kappa shape index (κ2) is 4.47. The minimum absolute atomic E-state index is 0.0201. The van der Waals surface area contributed by atoms with Crippen LogP contribution in [0.5, 0.6) is 0 Å². The van der Waals surface area contributed by atoms with Crippen LogP contribution in [0.4, 0.5) is 4.39 Å². The van der Waals surface area contributed by atoms with Crippen LogP contribution in [0.1, 0.15) is 10.5 Å². The van der Waals surface area contributed by atoms with Gasteiger partial charge in [-0.1, -0.05) is 23.2 Å². The fraction of sp³-hybridized carbons (Fsp3) is 0.0909. The zero-order chi connectivity index (χ0) is 12.6. The lowest BCUT2D eigenvalue weighted by atomic mass is 10.1. The molecule has 2 aromatic rings. The van der Waals surface area contributed by atoms with Gasteiger partial charge in [0.15, 0.2) is 5.69 Å². The summed E-state index contributed by atoms with van der Waals surface area (Å²) in [5.41, 5.74) is 0.0201. The normalized spacial score (nSPS) is 10.6.